The van der Waals surface area contributed by atoms with Crippen LogP contribution in [-0.4, -0.2) is 11.9 Å². The van der Waals surface area contributed by atoms with E-state index in [4.69, 9.17) is 5.53 Å². The Balaban J connectivity index is 2.72. The number of nitrogens with one attached hydrogen (secondary N) is 1. The summed E-state index contributed by atoms with van der Waals surface area (Å²) in [5, 5.41) is 6.19. The highest BCUT2D eigenvalue weighted by Gasteiger charge is 2.14. The molecule has 1 rings (SSSR count). The molecular weight excluding hydrogens is 228 g/mol. The van der Waals surface area contributed by atoms with Crippen LogP contribution in [0.2, 0.25) is 0 Å². The molecule has 0 aliphatic carbocycles. The quantitative estimate of drug-likeness (QED) is 0.478. The summed E-state index contributed by atoms with van der Waals surface area (Å²) in [5.74, 6) is 0.189. The van der Waals surface area contributed by atoms with Crippen LogP contribution in [0.4, 0.5) is 5.69 Å². The van der Waals surface area contributed by atoms with Gasteiger partial charge in [-0.3, -0.25) is 4.79 Å². The summed E-state index contributed by atoms with van der Waals surface area (Å²) in [6.07, 6.45) is 0.486. The van der Waals surface area contributed by atoms with Gasteiger partial charge in [0.1, 0.15) is 6.04 Å². The Kier molecular flexibility index (Phi) is 5.21. The van der Waals surface area contributed by atoms with Crippen molar-refractivity contribution in [1.29, 1.82) is 0 Å². The molecule has 0 heterocycles. The van der Waals surface area contributed by atoms with Gasteiger partial charge >= 0.3 is 0 Å². The number of nitrogens with zero attached hydrogens (tertiary/aromatic N) is 3. The van der Waals surface area contributed by atoms with Crippen LogP contribution >= 0.6 is 0 Å². The van der Waals surface area contributed by atoms with Gasteiger partial charge in [-0.2, -0.15) is 0 Å². The van der Waals surface area contributed by atoms with Crippen molar-refractivity contribution in [2.45, 2.75) is 39.2 Å². The van der Waals surface area contributed by atoms with Crippen LogP contribution in [0.25, 0.3) is 10.4 Å². The lowest BCUT2D eigenvalue weighted by molar-refractivity contribution is -0.117. The lowest BCUT2D eigenvalue weighted by Crippen LogP contribution is -2.25. The molecule has 0 radical (unpaired) electrons. The first-order valence-corrected chi connectivity index (χ1v) is 6.03. The molecule has 1 aromatic rings. The number of amides is 1. The highest BCUT2D eigenvalue weighted by molar-refractivity contribution is 5.94. The first-order valence-electron chi connectivity index (χ1n) is 6.03. The molecule has 1 aromatic carbocycles. The third-order valence-corrected chi connectivity index (χ3v) is 2.73. The summed E-state index contributed by atoms with van der Waals surface area (Å²) in [6, 6.07) is 7.02. The van der Waals surface area contributed by atoms with Gasteiger partial charge < -0.3 is 5.32 Å². The summed E-state index contributed by atoms with van der Waals surface area (Å²) in [4.78, 5) is 14.4. The van der Waals surface area contributed by atoms with Gasteiger partial charge in [0.2, 0.25) is 5.91 Å². The van der Waals surface area contributed by atoms with Gasteiger partial charge in [0.15, 0.2) is 0 Å². The molecule has 0 saturated carbocycles. The van der Waals surface area contributed by atoms with Crippen molar-refractivity contribution in [3.05, 3.63) is 40.3 Å². The Bertz CT molecular complexity index is 447. The van der Waals surface area contributed by atoms with Crippen molar-refractivity contribution in [2.75, 3.05) is 5.32 Å². The molecule has 5 heteroatoms. The lowest BCUT2D eigenvalue weighted by Gasteiger charge is -2.11. The van der Waals surface area contributed by atoms with Crippen molar-refractivity contribution in [1.82, 2.24) is 0 Å². The highest BCUT2D eigenvalue weighted by atomic mass is 16.2. The van der Waals surface area contributed by atoms with Crippen LogP contribution in [-0.2, 0) is 4.79 Å². The molecule has 0 aliphatic heterocycles. The van der Waals surface area contributed by atoms with E-state index in [0.717, 1.165) is 5.69 Å². The topological polar surface area (TPSA) is 77.9 Å². The van der Waals surface area contributed by atoms with Crippen molar-refractivity contribution < 1.29 is 4.79 Å². The van der Waals surface area contributed by atoms with E-state index in [-0.39, 0.29) is 5.91 Å². The van der Waals surface area contributed by atoms with Gasteiger partial charge in [-0.25, -0.2) is 0 Å². The van der Waals surface area contributed by atoms with E-state index in [1.165, 1.54) is 5.56 Å². The van der Waals surface area contributed by atoms with Crippen LogP contribution in [0.15, 0.2) is 29.4 Å². The molecule has 96 valence electrons. The summed E-state index contributed by atoms with van der Waals surface area (Å²) in [5.41, 5.74) is 10.3. The van der Waals surface area contributed by atoms with Gasteiger partial charge in [-0.1, -0.05) is 38.0 Å². The number of benzene rings is 1. The molecule has 0 unspecified atom stereocenters. The third-order valence-electron chi connectivity index (χ3n) is 2.73. The van der Waals surface area contributed by atoms with E-state index in [0.29, 0.717) is 12.3 Å². The zero-order valence-electron chi connectivity index (χ0n) is 10.9. The maximum absolute atomic E-state index is 11.8. The molecule has 5 nitrogen and oxygen atoms in total. The minimum absolute atomic E-state index is 0.271. The summed E-state index contributed by atoms with van der Waals surface area (Å²) >= 11 is 0. The Morgan fingerprint density at radius 1 is 1.39 bits per heavy atom. The van der Waals surface area contributed by atoms with Crippen molar-refractivity contribution in [3.63, 3.8) is 0 Å². The Morgan fingerprint density at radius 2 is 2.00 bits per heavy atom. The van der Waals surface area contributed by atoms with Crippen LogP contribution in [0.1, 0.15) is 38.7 Å². The number of anilines is 1. The Labute approximate surface area is 107 Å². The van der Waals surface area contributed by atoms with Crippen LogP contribution in [0.3, 0.4) is 0 Å². The van der Waals surface area contributed by atoms with Crippen molar-refractivity contribution in [3.8, 4) is 0 Å². The molecule has 1 amide bonds. The van der Waals surface area contributed by atoms with Crippen LogP contribution in [0, 0.1) is 0 Å². The summed E-state index contributed by atoms with van der Waals surface area (Å²) in [7, 11) is 0. The normalized spacial score (nSPS) is 11.8. The SMILES string of the molecule is CC[C@@H](N=[N+]=[N-])C(=O)Nc1ccc(C(C)C)cc1. The maximum atomic E-state index is 11.8. The van der Waals surface area contributed by atoms with Gasteiger partial charge in [-0.05, 0) is 35.6 Å². The van der Waals surface area contributed by atoms with Gasteiger partial charge in [0, 0.05) is 10.6 Å². The molecule has 0 spiro atoms. The smallest absolute Gasteiger partial charge is 0.233 e. The minimum atomic E-state index is -0.653. The van der Waals surface area contributed by atoms with Gasteiger partial charge in [-0.15, -0.1) is 0 Å². The highest BCUT2D eigenvalue weighted by Crippen LogP contribution is 2.17. The van der Waals surface area contributed by atoms with E-state index >= 15 is 0 Å². The second-order valence-corrected chi connectivity index (χ2v) is 4.39. The molecule has 1 N–H and O–H groups in total. The largest absolute Gasteiger partial charge is 0.326 e. The van der Waals surface area contributed by atoms with E-state index in [1.807, 2.05) is 24.3 Å². The molecule has 0 aromatic heterocycles. The average molecular weight is 246 g/mol. The van der Waals surface area contributed by atoms with Crippen LogP contribution < -0.4 is 5.32 Å². The third kappa shape index (κ3) is 3.79. The Hall–Kier alpha value is -2.00. The molecule has 1 atom stereocenters. The number of azide groups is 1. The molecule has 18 heavy (non-hydrogen) atoms. The number of rotatable bonds is 5. The fourth-order valence-corrected chi connectivity index (χ4v) is 1.56. The Morgan fingerprint density at radius 3 is 2.44 bits per heavy atom. The second-order valence-electron chi connectivity index (χ2n) is 4.39. The monoisotopic (exact) mass is 246 g/mol. The number of carbonyl (C=O) groups excluding carboxylic acids is 1. The average Bonchev–Trinajstić information content (AvgIpc) is 2.36. The van der Waals surface area contributed by atoms with E-state index < -0.39 is 6.04 Å². The molecule has 0 fully saturated rings. The minimum Gasteiger partial charge on any atom is -0.326 e. The molecule has 0 aliphatic rings. The zero-order chi connectivity index (χ0) is 13.5. The van der Waals surface area contributed by atoms with E-state index in [2.05, 4.69) is 29.2 Å². The maximum Gasteiger partial charge on any atom is 0.233 e. The lowest BCUT2D eigenvalue weighted by atomic mass is 10.0. The second kappa shape index (κ2) is 6.67. The predicted molar refractivity (Wildman–Crippen MR) is 72.4 cm³/mol. The van der Waals surface area contributed by atoms with Gasteiger partial charge in [0.25, 0.3) is 0 Å². The van der Waals surface area contributed by atoms with E-state index in [1.54, 1.807) is 6.92 Å². The number of carbonyl (C=O) groups is 1. The molecule has 0 bridgehead atoms. The van der Waals surface area contributed by atoms with Crippen molar-refractivity contribution >= 4 is 11.6 Å². The summed E-state index contributed by atoms with van der Waals surface area (Å²) in [6.45, 7) is 6.03. The standard InChI is InChI=1S/C13H18N4O/c1-4-12(16-17-14)13(18)15-11-7-5-10(6-8-11)9(2)3/h5-9,12H,4H2,1-3H3,(H,15,18)/t12-/m1/s1. The van der Waals surface area contributed by atoms with Crippen molar-refractivity contribution in [2.24, 2.45) is 5.11 Å². The first-order chi connectivity index (χ1) is 8.58. The fourth-order valence-electron chi connectivity index (χ4n) is 1.56. The predicted octanol–water partition coefficient (Wildman–Crippen LogP) is 3.84. The zero-order valence-corrected chi connectivity index (χ0v) is 10.9. The fraction of sp³-hybridized carbons (Fsp3) is 0.462. The first kappa shape index (κ1) is 14.1. The number of hydrogen-bond donors (Lipinski definition) is 1. The van der Waals surface area contributed by atoms with Crippen LogP contribution in [0.5, 0.6) is 0 Å². The van der Waals surface area contributed by atoms with E-state index in [9.17, 15) is 4.79 Å². The molecule has 0 saturated heterocycles. The number of hydrogen-bond acceptors (Lipinski definition) is 2. The summed E-state index contributed by atoms with van der Waals surface area (Å²) < 4.78 is 0. The molecular formula is C13H18N4O. The van der Waals surface area contributed by atoms with Gasteiger partial charge in [0.05, 0.1) is 0 Å².